The molecule has 0 amide bonds. The van der Waals surface area contributed by atoms with Gasteiger partial charge in [-0.05, 0) is 29.0 Å². The van der Waals surface area contributed by atoms with Crippen molar-refractivity contribution in [2.75, 3.05) is 6.54 Å². The normalized spacial score (nSPS) is 11.5. The zero-order valence-electron chi connectivity index (χ0n) is 11.2. The number of rotatable bonds is 5. The molecule has 17 heavy (non-hydrogen) atoms. The maximum absolute atomic E-state index is 8.71. The summed E-state index contributed by atoms with van der Waals surface area (Å²) in [5, 5.41) is 12.2. The van der Waals surface area contributed by atoms with Gasteiger partial charge in [-0.1, -0.05) is 39.8 Å². The summed E-state index contributed by atoms with van der Waals surface area (Å²) < 4.78 is 0. The number of hydrogen-bond donors (Lipinski definition) is 1. The van der Waals surface area contributed by atoms with Crippen LogP contribution in [0.3, 0.4) is 0 Å². The van der Waals surface area contributed by atoms with Crippen LogP contribution in [0.15, 0.2) is 24.3 Å². The van der Waals surface area contributed by atoms with Gasteiger partial charge in [0.05, 0.1) is 11.6 Å². The standard InChI is InChI=1S/C15H22N2/c1-12(2)15(3,4)11-17-10-14-7-5-13(9-16)6-8-14/h5-8,12,17H,10-11H2,1-4H3. The van der Waals surface area contributed by atoms with Gasteiger partial charge in [0.25, 0.3) is 0 Å². The lowest BCUT2D eigenvalue weighted by Crippen LogP contribution is -2.33. The SMILES string of the molecule is CC(C)C(C)(C)CNCc1ccc(C#N)cc1. The van der Waals surface area contributed by atoms with Gasteiger partial charge in [-0.15, -0.1) is 0 Å². The van der Waals surface area contributed by atoms with E-state index >= 15 is 0 Å². The topological polar surface area (TPSA) is 35.8 Å². The predicted octanol–water partition coefficient (Wildman–Crippen LogP) is 3.33. The fourth-order valence-electron chi connectivity index (χ4n) is 1.43. The number of nitrogens with one attached hydrogen (secondary N) is 1. The summed E-state index contributed by atoms with van der Waals surface area (Å²) in [6, 6.07) is 9.88. The molecule has 2 heteroatoms. The van der Waals surface area contributed by atoms with Crippen LogP contribution in [0, 0.1) is 22.7 Å². The number of hydrogen-bond acceptors (Lipinski definition) is 2. The number of benzene rings is 1. The molecule has 0 radical (unpaired) electrons. The molecule has 0 atom stereocenters. The van der Waals surface area contributed by atoms with Gasteiger partial charge in [-0.3, -0.25) is 0 Å². The van der Waals surface area contributed by atoms with Crippen LogP contribution in [0.4, 0.5) is 0 Å². The van der Waals surface area contributed by atoms with E-state index in [1.54, 1.807) is 0 Å². The van der Waals surface area contributed by atoms with Crippen molar-refractivity contribution in [1.29, 1.82) is 5.26 Å². The smallest absolute Gasteiger partial charge is 0.0991 e. The van der Waals surface area contributed by atoms with Crippen LogP contribution in [-0.4, -0.2) is 6.54 Å². The first-order valence-corrected chi connectivity index (χ1v) is 6.15. The molecule has 0 saturated carbocycles. The Kier molecular flexibility index (Phi) is 4.72. The van der Waals surface area contributed by atoms with Crippen LogP contribution in [0.5, 0.6) is 0 Å². The number of nitriles is 1. The summed E-state index contributed by atoms with van der Waals surface area (Å²) in [5.41, 5.74) is 2.26. The first-order valence-electron chi connectivity index (χ1n) is 6.15. The van der Waals surface area contributed by atoms with Crippen LogP contribution >= 0.6 is 0 Å². The maximum atomic E-state index is 8.71. The molecule has 2 nitrogen and oxygen atoms in total. The first-order chi connectivity index (χ1) is 7.95. The molecule has 0 unspecified atom stereocenters. The Bertz CT molecular complexity index is 382. The van der Waals surface area contributed by atoms with Crippen molar-refractivity contribution in [1.82, 2.24) is 5.32 Å². The second-order valence-corrected chi connectivity index (χ2v) is 5.56. The van der Waals surface area contributed by atoms with Crippen LogP contribution in [-0.2, 0) is 6.54 Å². The van der Waals surface area contributed by atoms with E-state index in [0.29, 0.717) is 11.3 Å². The highest BCUT2D eigenvalue weighted by molar-refractivity contribution is 5.31. The van der Waals surface area contributed by atoms with Gasteiger partial charge >= 0.3 is 0 Å². The van der Waals surface area contributed by atoms with E-state index < -0.39 is 0 Å². The second-order valence-electron chi connectivity index (χ2n) is 5.56. The molecule has 1 N–H and O–H groups in total. The predicted molar refractivity (Wildman–Crippen MR) is 71.5 cm³/mol. The molecule has 0 heterocycles. The molecule has 0 aliphatic rings. The highest BCUT2D eigenvalue weighted by Crippen LogP contribution is 2.24. The third-order valence-electron chi connectivity index (χ3n) is 3.56. The van der Waals surface area contributed by atoms with Gasteiger partial charge in [-0.25, -0.2) is 0 Å². The van der Waals surface area contributed by atoms with Gasteiger partial charge in [0, 0.05) is 13.1 Å². The van der Waals surface area contributed by atoms with Gasteiger partial charge in [0.15, 0.2) is 0 Å². The molecule has 0 bridgehead atoms. The minimum atomic E-state index is 0.312. The summed E-state index contributed by atoms with van der Waals surface area (Å²) in [7, 11) is 0. The minimum absolute atomic E-state index is 0.312. The lowest BCUT2D eigenvalue weighted by Gasteiger charge is -2.29. The molecular weight excluding hydrogens is 208 g/mol. The Balaban J connectivity index is 2.44. The molecule has 0 aliphatic carbocycles. The highest BCUT2D eigenvalue weighted by atomic mass is 14.9. The fourth-order valence-corrected chi connectivity index (χ4v) is 1.43. The monoisotopic (exact) mass is 230 g/mol. The van der Waals surface area contributed by atoms with Gasteiger partial charge in [0.1, 0.15) is 0 Å². The Hall–Kier alpha value is -1.33. The van der Waals surface area contributed by atoms with Crippen molar-refractivity contribution in [2.45, 2.75) is 34.2 Å². The molecule has 92 valence electrons. The van der Waals surface area contributed by atoms with E-state index in [1.807, 2.05) is 24.3 Å². The summed E-state index contributed by atoms with van der Waals surface area (Å²) in [4.78, 5) is 0. The quantitative estimate of drug-likeness (QED) is 0.842. The Morgan fingerprint density at radius 1 is 1.24 bits per heavy atom. The van der Waals surface area contributed by atoms with Crippen LogP contribution in [0.2, 0.25) is 0 Å². The van der Waals surface area contributed by atoms with E-state index in [1.165, 1.54) is 5.56 Å². The summed E-state index contributed by atoms with van der Waals surface area (Å²) in [5.74, 6) is 0.663. The average Bonchev–Trinajstić information content (AvgIpc) is 2.29. The van der Waals surface area contributed by atoms with Crippen LogP contribution in [0.25, 0.3) is 0 Å². The van der Waals surface area contributed by atoms with Crippen LogP contribution in [0.1, 0.15) is 38.8 Å². The Morgan fingerprint density at radius 2 is 1.82 bits per heavy atom. The Labute approximate surface area is 105 Å². The van der Waals surface area contributed by atoms with Gasteiger partial charge in [-0.2, -0.15) is 5.26 Å². The summed E-state index contributed by atoms with van der Waals surface area (Å²) in [6.07, 6.45) is 0. The molecule has 1 aromatic carbocycles. The molecule has 1 aromatic rings. The summed E-state index contributed by atoms with van der Waals surface area (Å²) >= 11 is 0. The number of nitrogens with zero attached hydrogens (tertiary/aromatic N) is 1. The fraction of sp³-hybridized carbons (Fsp3) is 0.533. The maximum Gasteiger partial charge on any atom is 0.0991 e. The molecule has 1 rings (SSSR count). The molecule has 0 aliphatic heterocycles. The van der Waals surface area contributed by atoms with Crippen molar-refractivity contribution < 1.29 is 0 Å². The van der Waals surface area contributed by atoms with Crippen LogP contribution < -0.4 is 5.32 Å². The van der Waals surface area contributed by atoms with E-state index in [4.69, 9.17) is 5.26 Å². The lowest BCUT2D eigenvalue weighted by molar-refractivity contribution is 0.238. The third kappa shape index (κ3) is 4.20. The molecular formula is C15H22N2. The molecule has 0 spiro atoms. The van der Waals surface area contributed by atoms with Crippen molar-refractivity contribution in [2.24, 2.45) is 11.3 Å². The van der Waals surface area contributed by atoms with E-state index in [9.17, 15) is 0 Å². The average molecular weight is 230 g/mol. The van der Waals surface area contributed by atoms with Crippen molar-refractivity contribution >= 4 is 0 Å². The Morgan fingerprint density at radius 3 is 2.29 bits per heavy atom. The second kappa shape index (κ2) is 5.84. The van der Waals surface area contributed by atoms with Crippen molar-refractivity contribution in [3.05, 3.63) is 35.4 Å². The van der Waals surface area contributed by atoms with E-state index in [-0.39, 0.29) is 0 Å². The zero-order chi connectivity index (χ0) is 12.9. The minimum Gasteiger partial charge on any atom is -0.312 e. The molecule has 0 fully saturated rings. The zero-order valence-corrected chi connectivity index (χ0v) is 11.2. The molecule has 0 saturated heterocycles. The van der Waals surface area contributed by atoms with Gasteiger partial charge in [0.2, 0.25) is 0 Å². The van der Waals surface area contributed by atoms with Gasteiger partial charge < -0.3 is 5.32 Å². The first kappa shape index (κ1) is 13.7. The van der Waals surface area contributed by atoms with E-state index in [0.717, 1.165) is 18.7 Å². The highest BCUT2D eigenvalue weighted by Gasteiger charge is 2.21. The molecule has 0 aromatic heterocycles. The van der Waals surface area contributed by atoms with Crippen molar-refractivity contribution in [3.63, 3.8) is 0 Å². The van der Waals surface area contributed by atoms with Crippen molar-refractivity contribution in [3.8, 4) is 6.07 Å². The third-order valence-corrected chi connectivity index (χ3v) is 3.56. The summed E-state index contributed by atoms with van der Waals surface area (Å²) in [6.45, 7) is 10.9. The lowest BCUT2D eigenvalue weighted by atomic mass is 9.81. The largest absolute Gasteiger partial charge is 0.312 e. The van der Waals surface area contributed by atoms with E-state index in [2.05, 4.69) is 39.1 Å².